The first-order chi connectivity index (χ1) is 10.1. The summed E-state index contributed by atoms with van der Waals surface area (Å²) in [7, 11) is 0. The number of rotatable bonds is 7. The van der Waals surface area contributed by atoms with Gasteiger partial charge in [-0.2, -0.15) is 0 Å². The van der Waals surface area contributed by atoms with Crippen LogP contribution in [-0.4, -0.2) is 39.2 Å². The van der Waals surface area contributed by atoms with Crippen molar-refractivity contribution >= 4 is 15.9 Å². The maximum Gasteiger partial charge on any atom is 0.248 e. The first kappa shape index (κ1) is 16.1. The Morgan fingerprint density at radius 1 is 1.24 bits per heavy atom. The fourth-order valence-electron chi connectivity index (χ4n) is 1.84. The van der Waals surface area contributed by atoms with Crippen LogP contribution in [0.3, 0.4) is 0 Å². The number of nitrogens with one attached hydrogen (secondary N) is 1. The lowest BCUT2D eigenvalue weighted by Crippen LogP contribution is -2.50. The van der Waals surface area contributed by atoms with E-state index in [2.05, 4.69) is 31.4 Å². The molecule has 0 saturated heterocycles. The summed E-state index contributed by atoms with van der Waals surface area (Å²) in [5.41, 5.74) is 0.0874. The monoisotopic (exact) mass is 355 g/mol. The largest absolute Gasteiger partial charge is 0.419 e. The van der Waals surface area contributed by atoms with Gasteiger partial charge in [0.25, 0.3) is 0 Å². The van der Waals surface area contributed by atoms with Gasteiger partial charge in [-0.3, -0.25) is 5.32 Å². The van der Waals surface area contributed by atoms with Crippen LogP contribution in [-0.2, 0) is 6.54 Å². The molecule has 3 N–H and O–H groups in total. The van der Waals surface area contributed by atoms with Crippen molar-refractivity contribution in [2.24, 2.45) is 0 Å². The fourth-order valence-corrected chi connectivity index (χ4v) is 2.30. The second kappa shape index (κ2) is 7.13. The number of aliphatic hydroxyl groups is 2. The molecule has 0 saturated carbocycles. The number of aromatic nitrogens is 2. The third-order valence-corrected chi connectivity index (χ3v) is 4.16. The fraction of sp³-hybridized carbons (Fsp3) is 0.429. The molecule has 0 atom stereocenters. The Bertz CT molecular complexity index is 576. The third-order valence-electron chi connectivity index (χ3n) is 3.47. The average Bonchev–Trinajstić information content (AvgIpc) is 2.98. The van der Waals surface area contributed by atoms with Gasteiger partial charge in [-0.25, -0.2) is 0 Å². The lowest BCUT2D eigenvalue weighted by molar-refractivity contribution is 0.0844. The van der Waals surface area contributed by atoms with E-state index in [0.717, 1.165) is 10.0 Å². The summed E-state index contributed by atoms with van der Waals surface area (Å²) in [6.45, 7) is 1.85. The van der Waals surface area contributed by atoms with E-state index in [9.17, 15) is 10.2 Å². The van der Waals surface area contributed by atoms with Crippen molar-refractivity contribution in [3.05, 3.63) is 34.6 Å². The SMILES string of the molecule is CCC(CO)(CO)NCc1nnc(-c2ccccc2Br)o1. The zero-order chi connectivity index (χ0) is 15.3. The van der Waals surface area contributed by atoms with Crippen LogP contribution in [0.15, 0.2) is 33.2 Å². The molecule has 0 amide bonds. The van der Waals surface area contributed by atoms with Gasteiger partial charge in [0.15, 0.2) is 0 Å². The second-order valence-electron chi connectivity index (χ2n) is 4.78. The molecule has 0 unspecified atom stereocenters. The van der Waals surface area contributed by atoms with Gasteiger partial charge in [0, 0.05) is 4.47 Å². The lowest BCUT2D eigenvalue weighted by Gasteiger charge is -2.29. The van der Waals surface area contributed by atoms with Crippen LogP contribution in [0.25, 0.3) is 11.5 Å². The molecule has 21 heavy (non-hydrogen) atoms. The Balaban J connectivity index is 2.09. The van der Waals surface area contributed by atoms with Gasteiger partial charge >= 0.3 is 0 Å². The summed E-state index contributed by atoms with van der Waals surface area (Å²) in [5, 5.41) is 29.8. The summed E-state index contributed by atoms with van der Waals surface area (Å²) in [5.74, 6) is 0.829. The molecule has 2 rings (SSSR count). The van der Waals surface area contributed by atoms with Gasteiger partial charge < -0.3 is 14.6 Å². The highest BCUT2D eigenvalue weighted by atomic mass is 79.9. The maximum absolute atomic E-state index is 9.38. The number of hydrogen-bond donors (Lipinski definition) is 3. The minimum Gasteiger partial charge on any atom is -0.419 e. The van der Waals surface area contributed by atoms with Gasteiger partial charge in [0.05, 0.1) is 30.9 Å². The first-order valence-corrected chi connectivity index (χ1v) is 7.47. The molecule has 0 fully saturated rings. The van der Waals surface area contributed by atoms with E-state index in [1.165, 1.54) is 0 Å². The molecule has 6 nitrogen and oxygen atoms in total. The molecule has 2 aromatic rings. The van der Waals surface area contributed by atoms with Gasteiger partial charge in [0.1, 0.15) is 0 Å². The first-order valence-electron chi connectivity index (χ1n) is 6.68. The topological polar surface area (TPSA) is 91.4 Å². The van der Waals surface area contributed by atoms with Crippen molar-refractivity contribution in [1.29, 1.82) is 0 Å². The van der Waals surface area contributed by atoms with E-state index in [-0.39, 0.29) is 19.8 Å². The van der Waals surface area contributed by atoms with Crippen molar-refractivity contribution in [3.63, 3.8) is 0 Å². The lowest BCUT2D eigenvalue weighted by atomic mass is 9.99. The molecule has 1 aromatic carbocycles. The van der Waals surface area contributed by atoms with Crippen molar-refractivity contribution in [2.45, 2.75) is 25.4 Å². The minimum atomic E-state index is -0.734. The zero-order valence-corrected chi connectivity index (χ0v) is 13.3. The Morgan fingerprint density at radius 3 is 2.57 bits per heavy atom. The van der Waals surface area contributed by atoms with E-state index < -0.39 is 5.54 Å². The molecule has 0 aliphatic carbocycles. The van der Waals surface area contributed by atoms with Crippen molar-refractivity contribution < 1.29 is 14.6 Å². The molecule has 0 spiro atoms. The van der Waals surface area contributed by atoms with Gasteiger partial charge in [-0.1, -0.05) is 19.1 Å². The summed E-state index contributed by atoms with van der Waals surface area (Å²) in [4.78, 5) is 0. The highest BCUT2D eigenvalue weighted by molar-refractivity contribution is 9.10. The molecule has 0 aliphatic rings. The standard InChI is InChI=1S/C14H18BrN3O3/c1-2-14(8-19,9-20)16-7-12-17-18-13(21-12)10-5-3-4-6-11(10)15/h3-6,16,19-20H,2,7-9H2,1H3. The van der Waals surface area contributed by atoms with Crippen LogP contribution in [0.2, 0.25) is 0 Å². The molecule has 1 aromatic heterocycles. The van der Waals surface area contributed by atoms with Crippen LogP contribution in [0.5, 0.6) is 0 Å². The molecule has 0 bridgehead atoms. The van der Waals surface area contributed by atoms with E-state index in [1.807, 2.05) is 31.2 Å². The maximum atomic E-state index is 9.38. The van der Waals surface area contributed by atoms with E-state index in [4.69, 9.17) is 4.42 Å². The third kappa shape index (κ3) is 3.68. The van der Waals surface area contributed by atoms with Gasteiger partial charge in [-0.05, 0) is 34.5 Å². The van der Waals surface area contributed by atoms with E-state index in [0.29, 0.717) is 18.2 Å². The Kier molecular flexibility index (Phi) is 5.46. The number of aliphatic hydroxyl groups excluding tert-OH is 2. The van der Waals surface area contributed by atoms with Crippen LogP contribution in [0, 0.1) is 0 Å². The quantitative estimate of drug-likeness (QED) is 0.700. The average molecular weight is 356 g/mol. The molecule has 114 valence electrons. The van der Waals surface area contributed by atoms with Crippen molar-refractivity contribution in [3.8, 4) is 11.5 Å². The molecular weight excluding hydrogens is 338 g/mol. The predicted molar refractivity (Wildman–Crippen MR) is 81.5 cm³/mol. The summed E-state index contributed by atoms with van der Waals surface area (Å²) in [6.07, 6.45) is 0.589. The van der Waals surface area contributed by atoms with Crippen LogP contribution in [0.4, 0.5) is 0 Å². The number of hydrogen-bond acceptors (Lipinski definition) is 6. The van der Waals surface area contributed by atoms with Crippen LogP contribution >= 0.6 is 15.9 Å². The van der Waals surface area contributed by atoms with Crippen molar-refractivity contribution in [1.82, 2.24) is 15.5 Å². The smallest absolute Gasteiger partial charge is 0.248 e. The number of nitrogens with zero attached hydrogens (tertiary/aromatic N) is 2. The highest BCUT2D eigenvalue weighted by Gasteiger charge is 2.26. The summed E-state index contributed by atoms with van der Waals surface area (Å²) < 4.78 is 6.48. The predicted octanol–water partition coefficient (Wildman–Crippen LogP) is 1.72. The van der Waals surface area contributed by atoms with Crippen LogP contribution in [0.1, 0.15) is 19.2 Å². The molecule has 7 heteroatoms. The van der Waals surface area contributed by atoms with E-state index >= 15 is 0 Å². The molecule has 0 radical (unpaired) electrons. The van der Waals surface area contributed by atoms with Crippen molar-refractivity contribution in [2.75, 3.05) is 13.2 Å². The second-order valence-corrected chi connectivity index (χ2v) is 5.64. The Hall–Kier alpha value is -1.28. The van der Waals surface area contributed by atoms with Gasteiger partial charge in [0.2, 0.25) is 11.8 Å². The zero-order valence-electron chi connectivity index (χ0n) is 11.7. The van der Waals surface area contributed by atoms with E-state index in [1.54, 1.807) is 0 Å². The number of benzene rings is 1. The summed E-state index contributed by atoms with van der Waals surface area (Å²) in [6, 6.07) is 7.58. The normalized spacial score (nSPS) is 11.8. The highest BCUT2D eigenvalue weighted by Crippen LogP contribution is 2.26. The Morgan fingerprint density at radius 2 is 1.95 bits per heavy atom. The molecule has 1 heterocycles. The van der Waals surface area contributed by atoms with Crippen LogP contribution < -0.4 is 5.32 Å². The molecular formula is C14H18BrN3O3. The number of halogens is 1. The van der Waals surface area contributed by atoms with Gasteiger partial charge in [-0.15, -0.1) is 10.2 Å². The summed E-state index contributed by atoms with van der Waals surface area (Å²) >= 11 is 3.44. The molecule has 0 aliphatic heterocycles. The minimum absolute atomic E-state index is 0.161. The Labute approximate surface area is 131 Å².